The maximum Gasteiger partial charge on any atom is 0.0795 e. The summed E-state index contributed by atoms with van der Waals surface area (Å²) in [6, 6.07) is 5.99. The Kier molecular flexibility index (Phi) is 3.63. The monoisotopic (exact) mass is 217 g/mol. The summed E-state index contributed by atoms with van der Waals surface area (Å²) in [5, 5.41) is 2.16. The van der Waals surface area contributed by atoms with Crippen molar-refractivity contribution in [1.82, 2.24) is 0 Å². The molecule has 1 rings (SSSR count). The Morgan fingerprint density at radius 2 is 2.00 bits per heavy atom. The molecule has 0 N–H and O–H groups in total. The third kappa shape index (κ3) is 2.25. The molecule has 0 amide bonds. The van der Waals surface area contributed by atoms with Crippen LogP contribution >= 0.6 is 23.2 Å². The van der Waals surface area contributed by atoms with Crippen LogP contribution in [0.2, 0.25) is 18.1 Å². The molecule has 12 heavy (non-hydrogen) atoms. The zero-order valence-corrected chi connectivity index (χ0v) is 9.71. The van der Waals surface area contributed by atoms with Gasteiger partial charge in [0, 0.05) is 10.9 Å². The summed E-state index contributed by atoms with van der Waals surface area (Å²) in [5.41, 5.74) is 1.18. The Morgan fingerprint density at radius 3 is 2.50 bits per heavy atom. The van der Waals surface area contributed by atoms with Crippen LogP contribution in [0.4, 0.5) is 0 Å². The van der Waals surface area contributed by atoms with Gasteiger partial charge in [-0.3, -0.25) is 0 Å². The Labute approximate surface area is 85.1 Å². The lowest BCUT2D eigenvalue weighted by atomic mass is 10.2. The topological polar surface area (TPSA) is 0 Å². The lowest BCUT2D eigenvalue weighted by molar-refractivity contribution is 1.43. The molecule has 0 saturated heterocycles. The summed E-state index contributed by atoms with van der Waals surface area (Å²) in [6.45, 7) is 4.51. The van der Waals surface area contributed by atoms with Gasteiger partial charge in [-0.2, -0.15) is 0 Å². The van der Waals surface area contributed by atoms with E-state index in [2.05, 4.69) is 19.2 Å². The van der Waals surface area contributed by atoms with Gasteiger partial charge in [0.2, 0.25) is 0 Å². The van der Waals surface area contributed by atoms with Crippen LogP contribution in [0.1, 0.15) is 5.56 Å². The first-order valence-electron chi connectivity index (χ1n) is 3.80. The predicted molar refractivity (Wildman–Crippen MR) is 58.1 cm³/mol. The Hall–Kier alpha value is 0.0169. The molecule has 0 unspecified atom stereocenters. The minimum Gasteiger partial charge on any atom is -0.122 e. The van der Waals surface area contributed by atoms with Crippen molar-refractivity contribution >= 4 is 37.2 Å². The standard InChI is InChI=1S/C9H11Cl2Si/c1-12(2)9-4-3-8(11)5-7(9)6-10/h3-5H,6H2,1-2H3. The van der Waals surface area contributed by atoms with Gasteiger partial charge in [0.05, 0.1) is 8.80 Å². The normalized spacial score (nSPS) is 10.8. The van der Waals surface area contributed by atoms with Crippen molar-refractivity contribution in [3.8, 4) is 0 Å². The molecule has 0 saturated carbocycles. The summed E-state index contributed by atoms with van der Waals surface area (Å²) in [6.07, 6.45) is 0. The number of rotatable bonds is 2. The minimum absolute atomic E-state index is 0.414. The van der Waals surface area contributed by atoms with Crippen LogP contribution in [-0.4, -0.2) is 8.80 Å². The van der Waals surface area contributed by atoms with E-state index < -0.39 is 8.80 Å². The molecule has 1 aromatic carbocycles. The highest BCUT2D eigenvalue weighted by Gasteiger charge is 2.06. The quantitative estimate of drug-likeness (QED) is 0.528. The highest BCUT2D eigenvalue weighted by Crippen LogP contribution is 2.11. The molecule has 0 atom stereocenters. The van der Waals surface area contributed by atoms with Gasteiger partial charge in [0.1, 0.15) is 0 Å². The lowest BCUT2D eigenvalue weighted by Gasteiger charge is -2.09. The second-order valence-electron chi connectivity index (χ2n) is 2.94. The van der Waals surface area contributed by atoms with E-state index in [-0.39, 0.29) is 0 Å². The van der Waals surface area contributed by atoms with Crippen LogP contribution in [-0.2, 0) is 5.88 Å². The molecular weight excluding hydrogens is 207 g/mol. The lowest BCUT2D eigenvalue weighted by Crippen LogP contribution is -2.26. The maximum absolute atomic E-state index is 5.85. The molecule has 0 fully saturated rings. The average molecular weight is 218 g/mol. The van der Waals surface area contributed by atoms with Crippen LogP contribution in [0.25, 0.3) is 0 Å². The summed E-state index contributed by atoms with van der Waals surface area (Å²) in [7, 11) is -0.414. The summed E-state index contributed by atoms with van der Waals surface area (Å²) in [4.78, 5) is 0. The van der Waals surface area contributed by atoms with Crippen molar-refractivity contribution in [2.24, 2.45) is 0 Å². The molecule has 1 aromatic rings. The molecule has 3 heteroatoms. The maximum atomic E-state index is 5.85. The van der Waals surface area contributed by atoms with E-state index in [0.717, 1.165) is 5.02 Å². The van der Waals surface area contributed by atoms with Crippen molar-refractivity contribution in [3.05, 3.63) is 28.8 Å². The van der Waals surface area contributed by atoms with Crippen molar-refractivity contribution in [3.63, 3.8) is 0 Å². The van der Waals surface area contributed by atoms with Crippen LogP contribution in [0.3, 0.4) is 0 Å². The third-order valence-corrected chi connectivity index (χ3v) is 3.84. The highest BCUT2D eigenvalue weighted by molar-refractivity contribution is 6.71. The molecule has 0 bridgehead atoms. The molecule has 0 spiro atoms. The van der Waals surface area contributed by atoms with Gasteiger partial charge in [-0.05, 0) is 17.7 Å². The van der Waals surface area contributed by atoms with Crippen molar-refractivity contribution < 1.29 is 0 Å². The van der Waals surface area contributed by atoms with Gasteiger partial charge >= 0.3 is 0 Å². The van der Waals surface area contributed by atoms with Crippen molar-refractivity contribution in [2.75, 3.05) is 0 Å². The van der Waals surface area contributed by atoms with Gasteiger partial charge in [0.25, 0.3) is 0 Å². The van der Waals surface area contributed by atoms with E-state index in [0.29, 0.717) is 5.88 Å². The van der Waals surface area contributed by atoms with E-state index in [1.54, 1.807) is 0 Å². The minimum atomic E-state index is -0.414. The van der Waals surface area contributed by atoms with Gasteiger partial charge < -0.3 is 0 Å². The van der Waals surface area contributed by atoms with Gasteiger partial charge in [-0.25, -0.2) is 0 Å². The molecule has 0 aromatic heterocycles. The van der Waals surface area contributed by atoms with Crippen LogP contribution in [0.15, 0.2) is 18.2 Å². The van der Waals surface area contributed by atoms with Crippen molar-refractivity contribution in [2.45, 2.75) is 19.0 Å². The third-order valence-electron chi connectivity index (χ3n) is 1.75. The molecule has 0 nitrogen and oxygen atoms in total. The molecule has 0 aliphatic rings. The molecule has 0 aliphatic heterocycles. The smallest absolute Gasteiger partial charge is 0.0795 e. The Bertz CT molecular complexity index is 271. The van der Waals surface area contributed by atoms with Gasteiger partial charge in [-0.1, -0.05) is 35.9 Å². The fraction of sp³-hybridized carbons (Fsp3) is 0.333. The molecule has 65 valence electrons. The number of hydrogen-bond acceptors (Lipinski definition) is 0. The Balaban J connectivity index is 3.11. The average Bonchev–Trinajstić information content (AvgIpc) is 2.03. The zero-order chi connectivity index (χ0) is 9.14. The first-order chi connectivity index (χ1) is 5.65. The van der Waals surface area contributed by atoms with Crippen LogP contribution in [0.5, 0.6) is 0 Å². The predicted octanol–water partition coefficient (Wildman–Crippen LogP) is 3.04. The zero-order valence-electron chi connectivity index (χ0n) is 7.20. The van der Waals surface area contributed by atoms with Gasteiger partial charge in [0.15, 0.2) is 0 Å². The van der Waals surface area contributed by atoms with Gasteiger partial charge in [-0.15, -0.1) is 11.6 Å². The highest BCUT2D eigenvalue weighted by atomic mass is 35.5. The number of halogens is 2. The molecule has 1 radical (unpaired) electrons. The van der Waals surface area contributed by atoms with E-state index >= 15 is 0 Å². The summed E-state index contributed by atoms with van der Waals surface area (Å²) >= 11 is 11.7. The fourth-order valence-corrected chi connectivity index (χ4v) is 2.91. The summed E-state index contributed by atoms with van der Waals surface area (Å²) in [5.74, 6) is 0.561. The molecule has 0 heterocycles. The fourth-order valence-electron chi connectivity index (χ4n) is 1.16. The van der Waals surface area contributed by atoms with E-state index in [4.69, 9.17) is 23.2 Å². The number of alkyl halides is 1. The molecular formula is C9H11Cl2Si. The first-order valence-corrected chi connectivity index (χ1v) is 7.21. The van der Waals surface area contributed by atoms with E-state index in [1.165, 1.54) is 10.8 Å². The number of benzene rings is 1. The van der Waals surface area contributed by atoms with Crippen LogP contribution < -0.4 is 5.19 Å². The van der Waals surface area contributed by atoms with E-state index in [9.17, 15) is 0 Å². The molecule has 0 aliphatic carbocycles. The largest absolute Gasteiger partial charge is 0.122 e. The van der Waals surface area contributed by atoms with Crippen LogP contribution in [0, 0.1) is 0 Å². The second-order valence-corrected chi connectivity index (χ2v) is 6.18. The summed E-state index contributed by atoms with van der Waals surface area (Å²) < 4.78 is 0. The first kappa shape index (κ1) is 10.1. The SMILES string of the molecule is C[Si](C)c1ccc(Cl)cc1CCl. The second kappa shape index (κ2) is 4.31. The van der Waals surface area contributed by atoms with E-state index in [1.807, 2.05) is 12.1 Å². The number of hydrogen-bond donors (Lipinski definition) is 0. The van der Waals surface area contributed by atoms with Crippen molar-refractivity contribution in [1.29, 1.82) is 0 Å². The Morgan fingerprint density at radius 1 is 1.33 bits per heavy atom.